The average Bonchev–Trinajstić information content (AvgIpc) is 2.79. The van der Waals surface area contributed by atoms with Crippen LogP contribution in [0, 0.1) is 17.8 Å². The molecule has 2 N–H and O–H groups in total. The van der Waals surface area contributed by atoms with E-state index in [0.717, 1.165) is 5.56 Å². The molecule has 2 rings (SSSR count). The number of carbonyl (C=O) groups is 2. The Morgan fingerprint density at radius 3 is 2.58 bits per heavy atom. The van der Waals surface area contributed by atoms with Gasteiger partial charge < -0.3 is 10.4 Å². The maximum Gasteiger partial charge on any atom is 0.307 e. The standard InChI is InChI=1S/C14H18N2O3/c1-9-6-11(12(7-9)14(18)19)13(17)16-8-10-2-4-15-5-3-10/h2-5,9,11-12H,6-8H2,1H3,(H,16,17)(H,18,19). The molecule has 102 valence electrons. The number of carboxylic acid groups (broad SMARTS) is 1. The predicted molar refractivity (Wildman–Crippen MR) is 69.1 cm³/mol. The first kappa shape index (κ1) is 13.5. The molecule has 5 nitrogen and oxygen atoms in total. The lowest BCUT2D eigenvalue weighted by Gasteiger charge is -2.15. The highest BCUT2D eigenvalue weighted by atomic mass is 16.4. The van der Waals surface area contributed by atoms with E-state index < -0.39 is 17.8 Å². The lowest BCUT2D eigenvalue weighted by molar-refractivity contribution is -0.146. The van der Waals surface area contributed by atoms with Crippen LogP contribution < -0.4 is 5.32 Å². The van der Waals surface area contributed by atoms with Gasteiger partial charge in [-0.1, -0.05) is 6.92 Å². The third-order valence-electron chi connectivity index (χ3n) is 3.67. The second-order valence-electron chi connectivity index (χ2n) is 5.20. The molecule has 3 atom stereocenters. The molecule has 0 bridgehead atoms. The molecule has 0 aromatic carbocycles. The van der Waals surface area contributed by atoms with Crippen LogP contribution in [-0.4, -0.2) is 22.0 Å². The van der Waals surface area contributed by atoms with Crippen LogP contribution in [0.5, 0.6) is 0 Å². The van der Waals surface area contributed by atoms with E-state index in [4.69, 9.17) is 5.11 Å². The summed E-state index contributed by atoms with van der Waals surface area (Å²) in [5, 5.41) is 12.0. The maximum atomic E-state index is 12.1. The van der Waals surface area contributed by atoms with E-state index in [0.29, 0.717) is 19.4 Å². The largest absolute Gasteiger partial charge is 0.481 e. The molecule has 1 fully saturated rings. The number of hydrogen-bond acceptors (Lipinski definition) is 3. The highest BCUT2D eigenvalue weighted by molar-refractivity contribution is 5.85. The zero-order valence-electron chi connectivity index (χ0n) is 10.9. The van der Waals surface area contributed by atoms with Crippen molar-refractivity contribution in [2.24, 2.45) is 17.8 Å². The average molecular weight is 262 g/mol. The van der Waals surface area contributed by atoms with Gasteiger partial charge in [0.1, 0.15) is 0 Å². The number of rotatable bonds is 4. The van der Waals surface area contributed by atoms with Gasteiger partial charge in [0, 0.05) is 18.9 Å². The van der Waals surface area contributed by atoms with Crippen LogP contribution in [0.2, 0.25) is 0 Å². The Kier molecular flexibility index (Phi) is 4.14. The van der Waals surface area contributed by atoms with Gasteiger partial charge in [-0.15, -0.1) is 0 Å². The van der Waals surface area contributed by atoms with Crippen LogP contribution in [0.25, 0.3) is 0 Å². The van der Waals surface area contributed by atoms with E-state index >= 15 is 0 Å². The Morgan fingerprint density at radius 1 is 1.32 bits per heavy atom. The van der Waals surface area contributed by atoms with E-state index in [1.54, 1.807) is 12.4 Å². The van der Waals surface area contributed by atoms with Crippen LogP contribution in [-0.2, 0) is 16.1 Å². The molecule has 0 aliphatic heterocycles. The van der Waals surface area contributed by atoms with Gasteiger partial charge in [-0.25, -0.2) is 0 Å². The highest BCUT2D eigenvalue weighted by Crippen LogP contribution is 2.36. The van der Waals surface area contributed by atoms with Crippen molar-refractivity contribution in [1.82, 2.24) is 10.3 Å². The first-order valence-electron chi connectivity index (χ1n) is 6.47. The van der Waals surface area contributed by atoms with Crippen LogP contribution >= 0.6 is 0 Å². The Bertz CT molecular complexity index is 461. The summed E-state index contributed by atoms with van der Waals surface area (Å²) in [4.78, 5) is 27.1. The van der Waals surface area contributed by atoms with Gasteiger partial charge in [0.05, 0.1) is 11.8 Å². The van der Waals surface area contributed by atoms with Crippen molar-refractivity contribution in [3.63, 3.8) is 0 Å². The summed E-state index contributed by atoms with van der Waals surface area (Å²) in [6.45, 7) is 2.41. The molecule has 1 heterocycles. The van der Waals surface area contributed by atoms with Crippen molar-refractivity contribution < 1.29 is 14.7 Å². The lowest BCUT2D eigenvalue weighted by Crippen LogP contribution is -2.34. The zero-order chi connectivity index (χ0) is 13.8. The van der Waals surface area contributed by atoms with Crippen molar-refractivity contribution in [2.45, 2.75) is 26.3 Å². The first-order chi connectivity index (χ1) is 9.08. The molecular weight excluding hydrogens is 244 g/mol. The summed E-state index contributed by atoms with van der Waals surface area (Å²) < 4.78 is 0. The van der Waals surface area contributed by atoms with Crippen molar-refractivity contribution >= 4 is 11.9 Å². The first-order valence-corrected chi connectivity index (χ1v) is 6.47. The molecular formula is C14H18N2O3. The van der Waals surface area contributed by atoms with Gasteiger partial charge >= 0.3 is 5.97 Å². The minimum Gasteiger partial charge on any atom is -0.481 e. The van der Waals surface area contributed by atoms with E-state index in [2.05, 4.69) is 10.3 Å². The zero-order valence-corrected chi connectivity index (χ0v) is 10.9. The van der Waals surface area contributed by atoms with Gasteiger partial charge in [0.2, 0.25) is 5.91 Å². The number of carboxylic acids is 1. The second-order valence-corrected chi connectivity index (χ2v) is 5.20. The Morgan fingerprint density at radius 2 is 1.95 bits per heavy atom. The van der Waals surface area contributed by atoms with E-state index in [-0.39, 0.29) is 11.8 Å². The molecule has 0 saturated heterocycles. The Balaban J connectivity index is 1.94. The fraction of sp³-hybridized carbons (Fsp3) is 0.500. The molecule has 5 heteroatoms. The van der Waals surface area contributed by atoms with Gasteiger partial charge in [-0.3, -0.25) is 14.6 Å². The number of nitrogens with one attached hydrogen (secondary N) is 1. The van der Waals surface area contributed by atoms with Gasteiger partial charge in [0.25, 0.3) is 0 Å². The van der Waals surface area contributed by atoms with E-state index in [1.165, 1.54) is 0 Å². The lowest BCUT2D eigenvalue weighted by atomic mass is 9.95. The summed E-state index contributed by atoms with van der Waals surface area (Å²) in [5.41, 5.74) is 0.960. The normalized spacial score (nSPS) is 26.1. The number of aliphatic carboxylic acids is 1. The van der Waals surface area contributed by atoms with Crippen molar-refractivity contribution in [2.75, 3.05) is 0 Å². The monoisotopic (exact) mass is 262 g/mol. The third-order valence-corrected chi connectivity index (χ3v) is 3.67. The van der Waals surface area contributed by atoms with Crippen molar-refractivity contribution in [3.05, 3.63) is 30.1 Å². The van der Waals surface area contributed by atoms with Crippen LogP contribution in [0.3, 0.4) is 0 Å². The molecule has 0 spiro atoms. The quantitative estimate of drug-likeness (QED) is 0.860. The predicted octanol–water partition coefficient (Wildman–Crippen LogP) is 1.44. The molecule has 1 aromatic rings. The summed E-state index contributed by atoms with van der Waals surface area (Å²) in [7, 11) is 0. The summed E-state index contributed by atoms with van der Waals surface area (Å²) in [5.74, 6) is -1.69. The van der Waals surface area contributed by atoms with E-state index in [9.17, 15) is 9.59 Å². The van der Waals surface area contributed by atoms with E-state index in [1.807, 2.05) is 19.1 Å². The van der Waals surface area contributed by atoms with Gasteiger partial charge in [0.15, 0.2) is 0 Å². The molecule has 0 radical (unpaired) electrons. The SMILES string of the molecule is CC1CC(C(=O)O)C(C(=O)NCc2ccncc2)C1. The smallest absolute Gasteiger partial charge is 0.307 e. The van der Waals surface area contributed by atoms with Crippen LogP contribution in [0.15, 0.2) is 24.5 Å². The molecule has 1 aliphatic rings. The summed E-state index contributed by atoms with van der Waals surface area (Å²) >= 11 is 0. The summed E-state index contributed by atoms with van der Waals surface area (Å²) in [6, 6.07) is 3.65. The van der Waals surface area contributed by atoms with Gasteiger partial charge in [-0.05, 0) is 36.5 Å². The molecule has 3 unspecified atom stereocenters. The Hall–Kier alpha value is -1.91. The fourth-order valence-corrected chi connectivity index (χ4v) is 2.68. The summed E-state index contributed by atoms with van der Waals surface area (Å²) in [6.07, 6.45) is 4.57. The van der Waals surface area contributed by atoms with Crippen molar-refractivity contribution in [3.8, 4) is 0 Å². The number of hydrogen-bond donors (Lipinski definition) is 2. The number of pyridine rings is 1. The molecule has 1 saturated carbocycles. The second kappa shape index (κ2) is 5.82. The maximum absolute atomic E-state index is 12.1. The number of nitrogens with zero attached hydrogens (tertiary/aromatic N) is 1. The minimum absolute atomic E-state index is 0.159. The third kappa shape index (κ3) is 3.30. The minimum atomic E-state index is -0.867. The van der Waals surface area contributed by atoms with Crippen molar-refractivity contribution in [1.29, 1.82) is 0 Å². The fourth-order valence-electron chi connectivity index (χ4n) is 2.68. The highest BCUT2D eigenvalue weighted by Gasteiger charge is 2.40. The number of carbonyl (C=O) groups excluding carboxylic acids is 1. The topological polar surface area (TPSA) is 79.3 Å². The number of amides is 1. The van der Waals surface area contributed by atoms with Gasteiger partial charge in [-0.2, -0.15) is 0 Å². The van der Waals surface area contributed by atoms with Crippen LogP contribution in [0.1, 0.15) is 25.3 Å². The molecule has 19 heavy (non-hydrogen) atoms. The molecule has 1 aromatic heterocycles. The molecule has 1 amide bonds. The Labute approximate surface area is 112 Å². The number of aromatic nitrogens is 1. The molecule has 1 aliphatic carbocycles. The van der Waals surface area contributed by atoms with Crippen LogP contribution in [0.4, 0.5) is 0 Å².